The number of H-pyrrole nitrogens is 1. The van der Waals surface area contributed by atoms with Crippen LogP contribution in [0, 0.1) is 0 Å². The lowest BCUT2D eigenvalue weighted by Gasteiger charge is -2.09. The van der Waals surface area contributed by atoms with Crippen molar-refractivity contribution in [1.29, 1.82) is 0 Å². The Bertz CT molecular complexity index is 1070. The summed E-state index contributed by atoms with van der Waals surface area (Å²) in [5, 5.41) is 3.61. The van der Waals surface area contributed by atoms with Gasteiger partial charge in [-0.1, -0.05) is 34.8 Å². The van der Waals surface area contributed by atoms with Crippen molar-refractivity contribution in [2.75, 3.05) is 5.32 Å². The topological polar surface area (TPSA) is 84.0 Å². The first-order chi connectivity index (χ1) is 12.3. The highest BCUT2D eigenvalue weighted by Gasteiger charge is 2.14. The van der Waals surface area contributed by atoms with Crippen molar-refractivity contribution in [2.24, 2.45) is 0 Å². The van der Waals surface area contributed by atoms with Crippen LogP contribution in [0.3, 0.4) is 0 Å². The zero-order chi connectivity index (χ0) is 18.8. The van der Waals surface area contributed by atoms with Crippen molar-refractivity contribution < 1.29 is 4.79 Å². The number of carbonyl (C=O) groups excluding carboxylic acids is 1. The summed E-state index contributed by atoms with van der Waals surface area (Å²) in [7, 11) is 0. The van der Waals surface area contributed by atoms with Gasteiger partial charge in [0.15, 0.2) is 0 Å². The van der Waals surface area contributed by atoms with Gasteiger partial charge in [-0.15, -0.1) is 0 Å². The summed E-state index contributed by atoms with van der Waals surface area (Å²) in [4.78, 5) is 39.3. The van der Waals surface area contributed by atoms with Crippen molar-refractivity contribution in [2.45, 2.75) is 0 Å². The Morgan fingerprint density at radius 3 is 2.19 bits per heavy atom. The van der Waals surface area contributed by atoms with Gasteiger partial charge in [0.2, 0.25) is 0 Å². The summed E-state index contributed by atoms with van der Waals surface area (Å²) in [6.07, 6.45) is 0. The highest BCUT2D eigenvalue weighted by Crippen LogP contribution is 2.25. The van der Waals surface area contributed by atoms with Crippen LogP contribution in [-0.4, -0.2) is 15.5 Å². The Kier molecular flexibility index (Phi) is 5.18. The van der Waals surface area contributed by atoms with E-state index in [9.17, 15) is 14.4 Å². The van der Waals surface area contributed by atoms with Crippen LogP contribution in [0.15, 0.2) is 58.1 Å². The van der Waals surface area contributed by atoms with E-state index in [1.807, 2.05) is 0 Å². The molecule has 1 heterocycles. The van der Waals surface area contributed by atoms with Crippen LogP contribution < -0.4 is 16.6 Å². The van der Waals surface area contributed by atoms with Gasteiger partial charge >= 0.3 is 5.69 Å². The third-order valence-corrected chi connectivity index (χ3v) is 4.24. The fraction of sp³-hybridized carbons (Fsp3) is 0. The number of amides is 1. The van der Waals surface area contributed by atoms with Gasteiger partial charge in [-0.2, -0.15) is 0 Å². The number of nitrogens with zero attached hydrogens (tertiary/aromatic N) is 1. The third kappa shape index (κ3) is 3.83. The maximum atomic E-state index is 12.3. The van der Waals surface area contributed by atoms with Gasteiger partial charge in [0.25, 0.3) is 11.5 Å². The Morgan fingerprint density at radius 1 is 0.923 bits per heavy atom. The van der Waals surface area contributed by atoms with Gasteiger partial charge in [-0.25, -0.2) is 9.36 Å². The molecule has 0 bridgehead atoms. The van der Waals surface area contributed by atoms with Gasteiger partial charge in [0, 0.05) is 16.1 Å². The number of hydrogen-bond acceptors (Lipinski definition) is 3. The predicted octanol–water partition coefficient (Wildman–Crippen LogP) is 3.74. The molecule has 0 fully saturated rings. The van der Waals surface area contributed by atoms with Gasteiger partial charge in [-0.3, -0.25) is 9.59 Å². The van der Waals surface area contributed by atoms with Crippen LogP contribution in [0.25, 0.3) is 5.69 Å². The number of aromatic nitrogens is 2. The molecule has 9 heteroatoms. The largest absolute Gasteiger partial charge is 0.333 e. The second kappa shape index (κ2) is 7.37. The van der Waals surface area contributed by atoms with Crippen molar-refractivity contribution in [3.63, 3.8) is 0 Å². The quantitative estimate of drug-likeness (QED) is 0.690. The first-order valence-electron chi connectivity index (χ1n) is 7.24. The lowest BCUT2D eigenvalue weighted by atomic mass is 10.3. The van der Waals surface area contributed by atoms with Gasteiger partial charge in [0.1, 0.15) is 5.69 Å². The van der Waals surface area contributed by atoms with Crippen LogP contribution >= 0.6 is 34.8 Å². The Morgan fingerprint density at radius 2 is 1.58 bits per heavy atom. The van der Waals surface area contributed by atoms with Crippen LogP contribution in [0.1, 0.15) is 10.5 Å². The fourth-order valence-electron chi connectivity index (χ4n) is 2.23. The van der Waals surface area contributed by atoms with Gasteiger partial charge in [-0.05, 0) is 42.5 Å². The third-order valence-electron chi connectivity index (χ3n) is 3.44. The summed E-state index contributed by atoms with van der Waals surface area (Å²) in [6, 6.07) is 11.7. The van der Waals surface area contributed by atoms with Crippen molar-refractivity contribution in [3.05, 3.63) is 90.1 Å². The molecule has 0 saturated carbocycles. The zero-order valence-corrected chi connectivity index (χ0v) is 15.2. The summed E-state index contributed by atoms with van der Waals surface area (Å²) >= 11 is 17.6. The number of benzene rings is 2. The molecule has 0 unspecified atom stereocenters. The number of carbonyl (C=O) groups is 1. The average molecular weight is 411 g/mol. The summed E-state index contributed by atoms with van der Waals surface area (Å²) in [6.45, 7) is 0. The molecule has 0 aliphatic rings. The molecule has 26 heavy (non-hydrogen) atoms. The van der Waals surface area contributed by atoms with E-state index in [2.05, 4.69) is 10.3 Å². The minimum Gasteiger partial charge on any atom is -0.319 e. The first kappa shape index (κ1) is 18.3. The Balaban J connectivity index is 1.94. The van der Waals surface area contributed by atoms with Crippen molar-refractivity contribution in [1.82, 2.24) is 9.55 Å². The van der Waals surface area contributed by atoms with E-state index >= 15 is 0 Å². The Hall–Kier alpha value is -2.54. The molecule has 132 valence electrons. The standard InChI is InChI=1S/C17H10Cl3N3O3/c18-9-1-4-11(5-2-9)23-15(24)8-14(22-17(23)26)16(25)21-13-6-3-10(19)7-12(13)20/h1-8H,(H,21,25)(H,22,26). The van der Waals surface area contributed by atoms with Gasteiger partial charge in [0.05, 0.1) is 16.4 Å². The molecule has 0 atom stereocenters. The molecule has 0 spiro atoms. The molecule has 0 aliphatic carbocycles. The first-order valence-corrected chi connectivity index (χ1v) is 8.37. The maximum absolute atomic E-state index is 12.3. The number of rotatable bonds is 3. The van der Waals surface area contributed by atoms with E-state index in [0.29, 0.717) is 21.4 Å². The summed E-state index contributed by atoms with van der Waals surface area (Å²) in [5.41, 5.74) is -0.996. The normalized spacial score (nSPS) is 10.6. The van der Waals surface area contributed by atoms with Crippen LogP contribution in [0.5, 0.6) is 0 Å². The predicted molar refractivity (Wildman–Crippen MR) is 102 cm³/mol. The van der Waals surface area contributed by atoms with E-state index in [-0.39, 0.29) is 10.7 Å². The molecule has 0 aliphatic heterocycles. The molecule has 2 N–H and O–H groups in total. The SMILES string of the molecule is O=C(Nc1ccc(Cl)cc1Cl)c1cc(=O)n(-c2ccc(Cl)cc2)c(=O)[nH]1. The highest BCUT2D eigenvalue weighted by atomic mass is 35.5. The number of hydrogen-bond donors (Lipinski definition) is 2. The Labute approximate surface area is 162 Å². The zero-order valence-electron chi connectivity index (χ0n) is 12.9. The molecule has 1 aromatic heterocycles. The molecule has 1 amide bonds. The molecule has 3 aromatic rings. The van der Waals surface area contributed by atoms with Crippen LogP contribution in [0.4, 0.5) is 5.69 Å². The van der Waals surface area contributed by atoms with E-state index < -0.39 is 17.2 Å². The molecular weight excluding hydrogens is 401 g/mol. The molecular formula is C17H10Cl3N3O3. The molecule has 6 nitrogen and oxygen atoms in total. The summed E-state index contributed by atoms with van der Waals surface area (Å²) in [5.74, 6) is -0.688. The smallest absolute Gasteiger partial charge is 0.319 e. The number of aromatic amines is 1. The van der Waals surface area contributed by atoms with E-state index in [0.717, 1.165) is 10.6 Å². The van der Waals surface area contributed by atoms with Crippen LogP contribution in [0.2, 0.25) is 15.1 Å². The molecule has 0 saturated heterocycles. The van der Waals surface area contributed by atoms with E-state index in [1.54, 1.807) is 18.2 Å². The number of nitrogens with one attached hydrogen (secondary N) is 2. The minimum absolute atomic E-state index is 0.198. The average Bonchev–Trinajstić information content (AvgIpc) is 2.58. The molecule has 0 radical (unpaired) electrons. The fourth-order valence-corrected chi connectivity index (χ4v) is 2.81. The van der Waals surface area contributed by atoms with E-state index in [1.165, 1.54) is 24.3 Å². The van der Waals surface area contributed by atoms with Crippen molar-refractivity contribution >= 4 is 46.4 Å². The monoisotopic (exact) mass is 409 g/mol. The second-order valence-electron chi connectivity index (χ2n) is 5.22. The minimum atomic E-state index is -0.757. The number of anilines is 1. The molecule has 2 aromatic carbocycles. The summed E-state index contributed by atoms with van der Waals surface area (Å²) < 4.78 is 0.891. The lowest BCUT2D eigenvalue weighted by Crippen LogP contribution is -2.35. The van der Waals surface area contributed by atoms with Crippen LogP contribution in [-0.2, 0) is 0 Å². The highest BCUT2D eigenvalue weighted by molar-refractivity contribution is 6.36. The van der Waals surface area contributed by atoms with Gasteiger partial charge < -0.3 is 10.3 Å². The number of halogens is 3. The molecule has 3 rings (SSSR count). The lowest BCUT2D eigenvalue weighted by molar-refractivity contribution is 0.102. The maximum Gasteiger partial charge on any atom is 0.333 e. The second-order valence-corrected chi connectivity index (χ2v) is 6.50. The van der Waals surface area contributed by atoms with E-state index in [4.69, 9.17) is 34.8 Å². The van der Waals surface area contributed by atoms with Crippen molar-refractivity contribution in [3.8, 4) is 5.69 Å².